The van der Waals surface area contributed by atoms with Crippen molar-refractivity contribution in [3.63, 3.8) is 0 Å². The third-order valence-corrected chi connectivity index (χ3v) is 1.47. The summed E-state index contributed by atoms with van der Waals surface area (Å²) in [6, 6.07) is 3.17. The van der Waals surface area contributed by atoms with Crippen molar-refractivity contribution >= 4 is 12.2 Å². The van der Waals surface area contributed by atoms with Crippen molar-refractivity contribution in [3.8, 4) is 0 Å². The van der Waals surface area contributed by atoms with Gasteiger partial charge in [-0.15, -0.1) is 0 Å². The molecule has 1 rings (SSSR count). The highest BCUT2D eigenvalue weighted by atomic mass is 16.4. The largest absolute Gasteiger partial charge is 0.423 e. The SMILES string of the molecule is C/C=c1/ccc(=O)o/c1=C/C.CCC. The van der Waals surface area contributed by atoms with Crippen LogP contribution in [-0.2, 0) is 0 Å². The molecule has 0 atom stereocenters. The summed E-state index contributed by atoms with van der Waals surface area (Å²) in [5.41, 5.74) is 0.337. The van der Waals surface area contributed by atoms with Gasteiger partial charge in [-0.3, -0.25) is 0 Å². The van der Waals surface area contributed by atoms with Crippen molar-refractivity contribution < 1.29 is 4.42 Å². The average molecular weight is 194 g/mol. The normalized spacial score (nSPS) is 12.3. The maximum atomic E-state index is 10.7. The summed E-state index contributed by atoms with van der Waals surface area (Å²) in [6.07, 6.45) is 4.93. The molecular formula is C12H18O2. The Hall–Kier alpha value is -1.31. The molecule has 78 valence electrons. The van der Waals surface area contributed by atoms with Crippen LogP contribution < -0.4 is 16.3 Å². The number of rotatable bonds is 0. The highest BCUT2D eigenvalue weighted by Crippen LogP contribution is 1.63. The Balaban J connectivity index is 0.000000500. The molecular weight excluding hydrogens is 176 g/mol. The average Bonchev–Trinajstić information content (AvgIpc) is 2.19. The van der Waals surface area contributed by atoms with Crippen LogP contribution in [0.15, 0.2) is 21.3 Å². The van der Waals surface area contributed by atoms with Gasteiger partial charge < -0.3 is 4.42 Å². The lowest BCUT2D eigenvalue weighted by atomic mass is 10.3. The van der Waals surface area contributed by atoms with Gasteiger partial charge in [0, 0.05) is 11.3 Å². The minimum Gasteiger partial charge on any atom is -0.423 e. The van der Waals surface area contributed by atoms with Crippen molar-refractivity contribution in [3.05, 3.63) is 33.2 Å². The Morgan fingerprint density at radius 2 is 1.79 bits per heavy atom. The molecule has 0 aliphatic heterocycles. The second kappa shape index (κ2) is 7.13. The monoisotopic (exact) mass is 194 g/mol. The first-order chi connectivity index (χ1) is 6.69. The van der Waals surface area contributed by atoms with Gasteiger partial charge in [0.15, 0.2) is 0 Å². The van der Waals surface area contributed by atoms with Crippen LogP contribution in [0.25, 0.3) is 12.2 Å². The summed E-state index contributed by atoms with van der Waals surface area (Å²) >= 11 is 0. The molecule has 1 aromatic rings. The van der Waals surface area contributed by atoms with E-state index in [1.54, 1.807) is 12.1 Å². The molecule has 0 saturated carbocycles. The fraction of sp³-hybridized carbons (Fsp3) is 0.417. The van der Waals surface area contributed by atoms with Gasteiger partial charge in [-0.05, 0) is 26.0 Å². The van der Waals surface area contributed by atoms with Crippen LogP contribution in [0.3, 0.4) is 0 Å². The van der Waals surface area contributed by atoms with E-state index in [-0.39, 0.29) is 5.63 Å². The minimum absolute atomic E-state index is 0.302. The van der Waals surface area contributed by atoms with Crippen LogP contribution in [0.4, 0.5) is 0 Å². The highest BCUT2D eigenvalue weighted by molar-refractivity contribution is 5.23. The molecule has 0 amide bonds. The quantitative estimate of drug-likeness (QED) is 0.628. The zero-order valence-electron chi connectivity index (χ0n) is 9.33. The molecule has 0 radical (unpaired) electrons. The Morgan fingerprint density at radius 3 is 2.21 bits per heavy atom. The standard InChI is InChI=1S/C9H10O2.C3H8/c1-3-7-5-6-9(10)11-8(7)4-2;1-3-2/h3-6H,1-2H3;3H2,1-2H3/b7-3-,8-4+;. The molecule has 2 heteroatoms. The Morgan fingerprint density at radius 1 is 1.21 bits per heavy atom. The van der Waals surface area contributed by atoms with E-state index in [2.05, 4.69) is 13.8 Å². The van der Waals surface area contributed by atoms with Gasteiger partial charge in [0.1, 0.15) is 5.42 Å². The molecule has 0 N–H and O–H groups in total. The van der Waals surface area contributed by atoms with Crippen LogP contribution in [0.2, 0.25) is 0 Å². The van der Waals surface area contributed by atoms with Crippen molar-refractivity contribution in [2.24, 2.45) is 0 Å². The van der Waals surface area contributed by atoms with Crippen LogP contribution in [0, 0.1) is 0 Å². The lowest BCUT2D eigenvalue weighted by Gasteiger charge is -1.85. The summed E-state index contributed by atoms with van der Waals surface area (Å²) in [4.78, 5) is 10.7. The van der Waals surface area contributed by atoms with Crippen molar-refractivity contribution in [1.82, 2.24) is 0 Å². The molecule has 0 bridgehead atoms. The first kappa shape index (κ1) is 12.7. The lowest BCUT2D eigenvalue weighted by Crippen LogP contribution is -2.27. The molecule has 1 heterocycles. The van der Waals surface area contributed by atoms with Gasteiger partial charge in [-0.2, -0.15) is 0 Å². The molecule has 2 nitrogen and oxygen atoms in total. The van der Waals surface area contributed by atoms with E-state index in [1.807, 2.05) is 19.9 Å². The van der Waals surface area contributed by atoms with E-state index in [9.17, 15) is 4.79 Å². The molecule has 0 unspecified atom stereocenters. The van der Waals surface area contributed by atoms with E-state index in [0.29, 0.717) is 5.42 Å². The lowest BCUT2D eigenvalue weighted by molar-refractivity contribution is 0.473. The predicted molar refractivity (Wildman–Crippen MR) is 60.5 cm³/mol. The van der Waals surface area contributed by atoms with Crippen molar-refractivity contribution in [1.29, 1.82) is 0 Å². The van der Waals surface area contributed by atoms with E-state index >= 15 is 0 Å². The summed E-state index contributed by atoms with van der Waals surface area (Å²) in [5.74, 6) is 0. The van der Waals surface area contributed by atoms with Crippen LogP contribution >= 0.6 is 0 Å². The maximum absolute atomic E-state index is 10.7. The third kappa shape index (κ3) is 4.08. The second-order valence-corrected chi connectivity index (χ2v) is 2.86. The molecule has 14 heavy (non-hydrogen) atoms. The van der Waals surface area contributed by atoms with Crippen molar-refractivity contribution in [2.75, 3.05) is 0 Å². The van der Waals surface area contributed by atoms with Gasteiger partial charge in [-0.1, -0.05) is 26.3 Å². The van der Waals surface area contributed by atoms with Crippen LogP contribution in [0.1, 0.15) is 34.1 Å². The van der Waals surface area contributed by atoms with Gasteiger partial charge in [0.2, 0.25) is 0 Å². The molecule has 0 aromatic carbocycles. The fourth-order valence-electron chi connectivity index (χ4n) is 0.905. The predicted octanol–water partition coefficient (Wildman–Crippen LogP) is 1.66. The van der Waals surface area contributed by atoms with E-state index < -0.39 is 0 Å². The summed E-state index contributed by atoms with van der Waals surface area (Å²) in [5, 5.41) is 0.951. The molecule has 0 aliphatic carbocycles. The summed E-state index contributed by atoms with van der Waals surface area (Å²) in [7, 11) is 0. The topological polar surface area (TPSA) is 30.2 Å². The third-order valence-electron chi connectivity index (χ3n) is 1.47. The zero-order chi connectivity index (χ0) is 11.0. The fourth-order valence-corrected chi connectivity index (χ4v) is 0.905. The molecule has 0 saturated heterocycles. The number of hydrogen-bond donors (Lipinski definition) is 0. The first-order valence-electron chi connectivity index (χ1n) is 4.92. The Kier molecular flexibility index (Phi) is 6.46. The Bertz CT molecular complexity index is 413. The molecule has 1 aromatic heterocycles. The maximum Gasteiger partial charge on any atom is 0.336 e. The molecule has 0 spiro atoms. The van der Waals surface area contributed by atoms with Gasteiger partial charge in [-0.25, -0.2) is 4.79 Å². The minimum atomic E-state index is -0.302. The highest BCUT2D eigenvalue weighted by Gasteiger charge is 1.85. The summed E-state index contributed by atoms with van der Waals surface area (Å²) < 4.78 is 4.91. The van der Waals surface area contributed by atoms with Gasteiger partial charge >= 0.3 is 5.63 Å². The molecule has 0 fully saturated rings. The van der Waals surface area contributed by atoms with E-state index in [0.717, 1.165) is 5.22 Å². The number of hydrogen-bond acceptors (Lipinski definition) is 2. The van der Waals surface area contributed by atoms with Gasteiger partial charge in [0.25, 0.3) is 0 Å². The van der Waals surface area contributed by atoms with Crippen molar-refractivity contribution in [2.45, 2.75) is 34.1 Å². The Labute approximate surface area is 84.6 Å². The molecule has 0 aliphatic rings. The van der Waals surface area contributed by atoms with E-state index in [1.165, 1.54) is 12.5 Å². The zero-order valence-corrected chi connectivity index (χ0v) is 9.33. The van der Waals surface area contributed by atoms with Crippen LogP contribution in [-0.4, -0.2) is 0 Å². The van der Waals surface area contributed by atoms with E-state index in [4.69, 9.17) is 4.42 Å². The second-order valence-electron chi connectivity index (χ2n) is 2.86. The van der Waals surface area contributed by atoms with Gasteiger partial charge in [0.05, 0.1) is 0 Å². The smallest absolute Gasteiger partial charge is 0.336 e. The summed E-state index contributed by atoms with van der Waals surface area (Å²) in [6.45, 7) is 7.99. The first-order valence-corrected chi connectivity index (χ1v) is 4.92. The van der Waals surface area contributed by atoms with Crippen LogP contribution in [0.5, 0.6) is 0 Å².